The summed E-state index contributed by atoms with van der Waals surface area (Å²) in [6.07, 6.45) is 0. The van der Waals surface area contributed by atoms with Crippen molar-refractivity contribution in [2.45, 2.75) is 40.0 Å². The fraction of sp³-hybridized carbons (Fsp3) is 0.692. The Morgan fingerprint density at radius 3 is 2.45 bits per heavy atom. The van der Waals surface area contributed by atoms with Crippen LogP contribution in [0.15, 0.2) is 0 Å². The highest BCUT2D eigenvalue weighted by atomic mass is 32.1. The van der Waals surface area contributed by atoms with E-state index < -0.39 is 5.97 Å². The monoisotopic (exact) mass is 299 g/mol. The van der Waals surface area contributed by atoms with Crippen LogP contribution in [-0.2, 0) is 14.9 Å². The smallest absolute Gasteiger partial charge is 0.325 e. The topological polar surface area (TPSA) is 72.4 Å². The second kappa shape index (κ2) is 6.78. The minimum absolute atomic E-state index is 0.0509. The molecule has 0 bridgehead atoms. The summed E-state index contributed by atoms with van der Waals surface area (Å²) in [6, 6.07) is 0. The Morgan fingerprint density at radius 2 is 1.95 bits per heavy atom. The molecule has 6 nitrogen and oxygen atoms in total. The third-order valence-corrected chi connectivity index (χ3v) is 3.40. The van der Waals surface area contributed by atoms with Crippen LogP contribution in [0.2, 0.25) is 0 Å². The molecule has 1 rings (SSSR count). The SMILES string of the molecule is CCOC(=O)CN(CC)C(=O)c1snnc1C(C)(C)C. The molecular weight excluding hydrogens is 278 g/mol. The summed E-state index contributed by atoms with van der Waals surface area (Å²) < 4.78 is 8.75. The summed E-state index contributed by atoms with van der Waals surface area (Å²) >= 11 is 1.06. The number of rotatable bonds is 5. The summed E-state index contributed by atoms with van der Waals surface area (Å²) in [6.45, 7) is 10.2. The molecule has 0 saturated carbocycles. The van der Waals surface area contributed by atoms with Gasteiger partial charge in [0.15, 0.2) is 0 Å². The fourth-order valence-corrected chi connectivity index (χ4v) is 2.50. The normalized spacial score (nSPS) is 11.2. The van der Waals surface area contributed by atoms with Gasteiger partial charge in [-0.05, 0) is 25.4 Å². The van der Waals surface area contributed by atoms with Crippen molar-refractivity contribution in [2.24, 2.45) is 0 Å². The average molecular weight is 299 g/mol. The average Bonchev–Trinajstić information content (AvgIpc) is 2.84. The molecule has 0 aliphatic carbocycles. The molecular formula is C13H21N3O3S. The second-order valence-corrected chi connectivity index (χ2v) is 6.08. The lowest BCUT2D eigenvalue weighted by atomic mass is 9.91. The largest absolute Gasteiger partial charge is 0.465 e. The van der Waals surface area contributed by atoms with Crippen molar-refractivity contribution in [1.29, 1.82) is 0 Å². The summed E-state index contributed by atoms with van der Waals surface area (Å²) in [5, 5.41) is 4.05. The first-order valence-corrected chi connectivity index (χ1v) is 7.36. The van der Waals surface area contributed by atoms with Crippen LogP contribution in [0.3, 0.4) is 0 Å². The van der Waals surface area contributed by atoms with E-state index >= 15 is 0 Å². The van der Waals surface area contributed by atoms with E-state index in [4.69, 9.17) is 4.74 Å². The lowest BCUT2D eigenvalue weighted by molar-refractivity contribution is -0.143. The van der Waals surface area contributed by atoms with Gasteiger partial charge >= 0.3 is 5.97 Å². The lowest BCUT2D eigenvalue weighted by Gasteiger charge is -2.21. The van der Waals surface area contributed by atoms with E-state index in [2.05, 4.69) is 9.59 Å². The number of carbonyl (C=O) groups is 2. The van der Waals surface area contributed by atoms with E-state index in [-0.39, 0.29) is 17.9 Å². The molecule has 0 fully saturated rings. The van der Waals surface area contributed by atoms with Gasteiger partial charge in [-0.3, -0.25) is 9.59 Å². The van der Waals surface area contributed by atoms with Crippen molar-refractivity contribution in [3.8, 4) is 0 Å². The molecule has 0 aromatic carbocycles. The zero-order valence-corrected chi connectivity index (χ0v) is 13.4. The zero-order valence-electron chi connectivity index (χ0n) is 12.6. The molecule has 0 spiro atoms. The number of nitrogens with zero attached hydrogens (tertiary/aromatic N) is 3. The minimum atomic E-state index is -0.405. The molecule has 1 aromatic heterocycles. The van der Waals surface area contributed by atoms with Gasteiger partial charge < -0.3 is 9.64 Å². The third-order valence-electron chi connectivity index (χ3n) is 2.69. The Hall–Kier alpha value is -1.50. The second-order valence-electron chi connectivity index (χ2n) is 5.33. The molecule has 0 N–H and O–H groups in total. The maximum absolute atomic E-state index is 12.5. The van der Waals surface area contributed by atoms with Crippen molar-refractivity contribution in [2.75, 3.05) is 19.7 Å². The molecule has 0 radical (unpaired) electrons. The Labute approximate surface area is 123 Å². The van der Waals surface area contributed by atoms with E-state index in [1.54, 1.807) is 6.92 Å². The van der Waals surface area contributed by atoms with E-state index in [9.17, 15) is 9.59 Å². The third kappa shape index (κ3) is 4.00. The lowest BCUT2D eigenvalue weighted by Crippen LogP contribution is -2.37. The van der Waals surface area contributed by atoms with Gasteiger partial charge in [0.05, 0.1) is 12.3 Å². The molecule has 20 heavy (non-hydrogen) atoms. The Kier molecular flexibility index (Phi) is 5.62. The van der Waals surface area contributed by atoms with E-state index in [0.717, 1.165) is 11.5 Å². The number of esters is 1. The van der Waals surface area contributed by atoms with Crippen LogP contribution in [0.25, 0.3) is 0 Å². The molecule has 0 unspecified atom stereocenters. The maximum Gasteiger partial charge on any atom is 0.325 e. The molecule has 0 aliphatic heterocycles. The molecule has 0 atom stereocenters. The van der Waals surface area contributed by atoms with Gasteiger partial charge in [-0.25, -0.2) is 0 Å². The first-order valence-electron chi connectivity index (χ1n) is 6.59. The van der Waals surface area contributed by atoms with Crippen LogP contribution in [-0.4, -0.2) is 46.1 Å². The standard InChI is InChI=1S/C13H21N3O3S/c1-6-16(8-9(17)19-7-2)12(18)10-11(13(3,4)5)14-15-20-10/h6-8H2,1-5H3. The molecule has 112 valence electrons. The number of amides is 1. The maximum atomic E-state index is 12.5. The number of ether oxygens (including phenoxy) is 1. The van der Waals surface area contributed by atoms with Crippen LogP contribution in [0.1, 0.15) is 50.0 Å². The van der Waals surface area contributed by atoms with E-state index in [0.29, 0.717) is 23.7 Å². The minimum Gasteiger partial charge on any atom is -0.465 e. The van der Waals surface area contributed by atoms with Crippen LogP contribution < -0.4 is 0 Å². The van der Waals surface area contributed by atoms with E-state index in [1.165, 1.54) is 4.90 Å². The molecule has 0 saturated heterocycles. The first-order chi connectivity index (χ1) is 9.31. The van der Waals surface area contributed by atoms with Gasteiger partial charge in [-0.15, -0.1) is 5.10 Å². The van der Waals surface area contributed by atoms with Crippen LogP contribution in [0, 0.1) is 0 Å². The van der Waals surface area contributed by atoms with Crippen molar-refractivity contribution < 1.29 is 14.3 Å². The summed E-state index contributed by atoms with van der Waals surface area (Å²) in [7, 11) is 0. The predicted octanol–water partition coefficient (Wildman–Crippen LogP) is 1.86. The van der Waals surface area contributed by atoms with Crippen molar-refractivity contribution in [3.63, 3.8) is 0 Å². The van der Waals surface area contributed by atoms with Gasteiger partial charge in [0.25, 0.3) is 5.91 Å². The zero-order chi connectivity index (χ0) is 15.3. The van der Waals surface area contributed by atoms with Crippen LogP contribution in [0.4, 0.5) is 0 Å². The predicted molar refractivity (Wildman–Crippen MR) is 76.8 cm³/mol. The van der Waals surface area contributed by atoms with Crippen LogP contribution >= 0.6 is 11.5 Å². The molecule has 7 heteroatoms. The Balaban J connectivity index is 2.92. The van der Waals surface area contributed by atoms with Gasteiger partial charge in [0.1, 0.15) is 11.4 Å². The quantitative estimate of drug-likeness (QED) is 0.776. The number of likely N-dealkylation sites (N-methyl/N-ethyl adjacent to an activating group) is 1. The Morgan fingerprint density at radius 1 is 1.30 bits per heavy atom. The van der Waals surface area contributed by atoms with Crippen molar-refractivity contribution in [1.82, 2.24) is 14.5 Å². The fourth-order valence-electron chi connectivity index (χ4n) is 1.65. The van der Waals surface area contributed by atoms with Crippen molar-refractivity contribution in [3.05, 3.63) is 10.6 Å². The summed E-state index contributed by atoms with van der Waals surface area (Å²) in [4.78, 5) is 26.0. The van der Waals surface area contributed by atoms with Gasteiger partial charge in [0.2, 0.25) is 0 Å². The van der Waals surface area contributed by atoms with Crippen LogP contribution in [0.5, 0.6) is 0 Å². The number of carbonyl (C=O) groups excluding carboxylic acids is 2. The summed E-state index contributed by atoms with van der Waals surface area (Å²) in [5.74, 6) is -0.627. The molecule has 1 amide bonds. The highest BCUT2D eigenvalue weighted by molar-refractivity contribution is 7.08. The summed E-state index contributed by atoms with van der Waals surface area (Å²) in [5.41, 5.74) is 0.399. The van der Waals surface area contributed by atoms with Gasteiger partial charge in [-0.1, -0.05) is 25.3 Å². The van der Waals surface area contributed by atoms with Gasteiger partial charge in [-0.2, -0.15) is 0 Å². The molecule has 1 aromatic rings. The molecule has 1 heterocycles. The first kappa shape index (κ1) is 16.6. The number of hydrogen-bond acceptors (Lipinski definition) is 6. The van der Waals surface area contributed by atoms with Gasteiger partial charge in [0, 0.05) is 12.0 Å². The number of aromatic nitrogens is 2. The highest BCUT2D eigenvalue weighted by Gasteiger charge is 2.29. The highest BCUT2D eigenvalue weighted by Crippen LogP contribution is 2.26. The Bertz CT molecular complexity index is 479. The van der Waals surface area contributed by atoms with E-state index in [1.807, 2.05) is 27.7 Å². The van der Waals surface area contributed by atoms with Crippen molar-refractivity contribution >= 4 is 23.4 Å². The number of hydrogen-bond donors (Lipinski definition) is 0. The molecule has 0 aliphatic rings.